The Morgan fingerprint density at radius 3 is 2.75 bits per heavy atom. The molecular formula is C10H7ClF2N2S. The van der Waals surface area contributed by atoms with Gasteiger partial charge in [-0.3, -0.25) is 0 Å². The summed E-state index contributed by atoms with van der Waals surface area (Å²) in [6.07, 6.45) is 0. The Labute approximate surface area is 99.9 Å². The summed E-state index contributed by atoms with van der Waals surface area (Å²) in [6, 6.07) is 2.58. The standard InChI is InChI=1S/C10H7ClF2N2S/c1-5-2-3-6(12)9(8(5)13)15-10-14-7(11)4-16-10/h2-4H,1H3,(H,14,15). The number of anilines is 2. The van der Waals surface area contributed by atoms with E-state index >= 15 is 0 Å². The average molecular weight is 261 g/mol. The molecule has 84 valence electrons. The third kappa shape index (κ3) is 2.15. The van der Waals surface area contributed by atoms with Crippen molar-refractivity contribution in [1.82, 2.24) is 4.98 Å². The quantitative estimate of drug-likeness (QED) is 0.878. The number of aromatic nitrogens is 1. The Bertz CT molecular complexity index is 528. The number of nitrogens with zero attached hydrogens (tertiary/aromatic N) is 1. The summed E-state index contributed by atoms with van der Waals surface area (Å²) in [6.45, 7) is 1.56. The molecule has 1 heterocycles. The Balaban J connectivity index is 2.37. The maximum Gasteiger partial charge on any atom is 0.188 e. The van der Waals surface area contributed by atoms with Crippen LogP contribution in [0, 0.1) is 18.6 Å². The van der Waals surface area contributed by atoms with Gasteiger partial charge in [0.05, 0.1) is 0 Å². The van der Waals surface area contributed by atoms with Gasteiger partial charge in [-0.1, -0.05) is 17.7 Å². The number of thiazole rings is 1. The molecule has 0 saturated heterocycles. The van der Waals surface area contributed by atoms with Crippen LogP contribution in [0.25, 0.3) is 0 Å². The largest absolute Gasteiger partial charge is 0.327 e. The molecule has 2 aromatic rings. The second-order valence-electron chi connectivity index (χ2n) is 3.15. The zero-order valence-electron chi connectivity index (χ0n) is 8.22. The molecular weight excluding hydrogens is 254 g/mol. The smallest absolute Gasteiger partial charge is 0.188 e. The molecule has 0 fully saturated rings. The van der Waals surface area contributed by atoms with Crippen molar-refractivity contribution in [3.8, 4) is 0 Å². The zero-order chi connectivity index (χ0) is 11.7. The van der Waals surface area contributed by atoms with Gasteiger partial charge in [0.25, 0.3) is 0 Å². The van der Waals surface area contributed by atoms with Crippen LogP contribution in [0.3, 0.4) is 0 Å². The van der Waals surface area contributed by atoms with Crippen LogP contribution in [-0.2, 0) is 0 Å². The van der Waals surface area contributed by atoms with E-state index in [1.165, 1.54) is 23.5 Å². The van der Waals surface area contributed by atoms with Crippen molar-refractivity contribution < 1.29 is 8.78 Å². The van der Waals surface area contributed by atoms with Gasteiger partial charge in [0.2, 0.25) is 0 Å². The molecule has 0 aliphatic rings. The summed E-state index contributed by atoms with van der Waals surface area (Å²) in [5.41, 5.74) is 0.164. The Kier molecular flexibility index (Phi) is 3.07. The molecule has 0 radical (unpaired) electrons. The number of halogens is 3. The lowest BCUT2D eigenvalue weighted by atomic mass is 10.2. The highest BCUT2D eigenvalue weighted by Gasteiger charge is 2.12. The molecule has 1 N–H and O–H groups in total. The number of hydrogen-bond donors (Lipinski definition) is 1. The second-order valence-corrected chi connectivity index (χ2v) is 4.40. The number of rotatable bonds is 2. The summed E-state index contributed by atoms with van der Waals surface area (Å²) in [5, 5.41) is 4.80. The molecule has 2 rings (SSSR count). The highest BCUT2D eigenvalue weighted by atomic mass is 35.5. The molecule has 1 aromatic carbocycles. The monoisotopic (exact) mass is 260 g/mol. The summed E-state index contributed by atoms with van der Waals surface area (Å²) in [5.74, 6) is -1.28. The van der Waals surface area contributed by atoms with Gasteiger partial charge in [-0.15, -0.1) is 11.3 Å². The normalized spacial score (nSPS) is 10.5. The van der Waals surface area contributed by atoms with E-state index in [0.29, 0.717) is 15.8 Å². The molecule has 1 aromatic heterocycles. The van der Waals surface area contributed by atoms with Crippen molar-refractivity contribution in [2.24, 2.45) is 0 Å². The molecule has 0 unspecified atom stereocenters. The van der Waals surface area contributed by atoms with Crippen LogP contribution in [0.1, 0.15) is 5.56 Å². The van der Waals surface area contributed by atoms with E-state index < -0.39 is 11.6 Å². The molecule has 0 atom stereocenters. The maximum atomic E-state index is 13.6. The second kappa shape index (κ2) is 4.35. The van der Waals surface area contributed by atoms with E-state index in [4.69, 9.17) is 11.6 Å². The van der Waals surface area contributed by atoms with Crippen molar-refractivity contribution in [3.05, 3.63) is 39.9 Å². The van der Waals surface area contributed by atoms with Crippen LogP contribution in [0.4, 0.5) is 19.6 Å². The lowest BCUT2D eigenvalue weighted by Gasteiger charge is -2.07. The lowest BCUT2D eigenvalue weighted by molar-refractivity contribution is 0.585. The first-order valence-corrected chi connectivity index (χ1v) is 5.66. The number of benzene rings is 1. The van der Waals surface area contributed by atoms with Crippen LogP contribution < -0.4 is 5.32 Å². The highest BCUT2D eigenvalue weighted by molar-refractivity contribution is 7.14. The fourth-order valence-electron chi connectivity index (χ4n) is 1.19. The molecule has 6 heteroatoms. The first-order valence-electron chi connectivity index (χ1n) is 4.40. The van der Waals surface area contributed by atoms with Gasteiger partial charge in [-0.2, -0.15) is 0 Å². The van der Waals surface area contributed by atoms with E-state index in [2.05, 4.69) is 10.3 Å². The van der Waals surface area contributed by atoms with Crippen LogP contribution in [0.5, 0.6) is 0 Å². The molecule has 0 aliphatic heterocycles. The molecule has 0 amide bonds. The maximum absolute atomic E-state index is 13.6. The summed E-state index contributed by atoms with van der Waals surface area (Å²) in [7, 11) is 0. The highest BCUT2D eigenvalue weighted by Crippen LogP contribution is 2.28. The van der Waals surface area contributed by atoms with Crippen molar-refractivity contribution in [2.45, 2.75) is 6.92 Å². The predicted molar refractivity (Wildman–Crippen MR) is 61.5 cm³/mol. The van der Waals surface area contributed by atoms with Gasteiger partial charge < -0.3 is 5.32 Å². The van der Waals surface area contributed by atoms with Crippen molar-refractivity contribution in [2.75, 3.05) is 5.32 Å². The van der Waals surface area contributed by atoms with Crippen LogP contribution in [-0.4, -0.2) is 4.98 Å². The van der Waals surface area contributed by atoms with E-state index in [9.17, 15) is 8.78 Å². The number of hydrogen-bond acceptors (Lipinski definition) is 3. The first kappa shape index (κ1) is 11.3. The third-order valence-electron chi connectivity index (χ3n) is 1.99. The van der Waals surface area contributed by atoms with Gasteiger partial charge >= 0.3 is 0 Å². The van der Waals surface area contributed by atoms with Crippen LogP contribution in [0.15, 0.2) is 17.5 Å². The van der Waals surface area contributed by atoms with E-state index in [1.807, 2.05) is 0 Å². The molecule has 0 saturated carbocycles. The van der Waals surface area contributed by atoms with Gasteiger partial charge in [0.15, 0.2) is 10.9 Å². The van der Waals surface area contributed by atoms with Crippen molar-refractivity contribution >= 4 is 33.8 Å². The Hall–Kier alpha value is -1.20. The molecule has 0 spiro atoms. The summed E-state index contributed by atoms with van der Waals surface area (Å²) >= 11 is 6.79. The molecule has 0 bridgehead atoms. The fourth-order valence-corrected chi connectivity index (χ4v) is 2.03. The van der Waals surface area contributed by atoms with Gasteiger partial charge in [0.1, 0.15) is 16.7 Å². The number of aryl methyl sites for hydroxylation is 1. The van der Waals surface area contributed by atoms with Gasteiger partial charge in [0, 0.05) is 5.38 Å². The van der Waals surface area contributed by atoms with Crippen LogP contribution in [0.2, 0.25) is 5.15 Å². The Morgan fingerprint density at radius 1 is 1.38 bits per heavy atom. The predicted octanol–water partition coefficient (Wildman–Crippen LogP) is 4.13. The Morgan fingerprint density at radius 2 is 2.12 bits per heavy atom. The summed E-state index contributed by atoms with van der Waals surface area (Å²) < 4.78 is 27.0. The molecule has 16 heavy (non-hydrogen) atoms. The van der Waals surface area contributed by atoms with Crippen LogP contribution >= 0.6 is 22.9 Å². The number of nitrogens with one attached hydrogen (secondary N) is 1. The molecule has 0 aliphatic carbocycles. The SMILES string of the molecule is Cc1ccc(F)c(Nc2nc(Cl)cs2)c1F. The summed E-state index contributed by atoms with van der Waals surface area (Å²) in [4.78, 5) is 3.86. The minimum Gasteiger partial charge on any atom is -0.327 e. The van der Waals surface area contributed by atoms with Gasteiger partial charge in [-0.25, -0.2) is 13.8 Å². The van der Waals surface area contributed by atoms with Crippen molar-refractivity contribution in [1.29, 1.82) is 0 Å². The third-order valence-corrected chi connectivity index (χ3v) is 3.07. The van der Waals surface area contributed by atoms with E-state index in [1.54, 1.807) is 12.3 Å². The fraction of sp³-hybridized carbons (Fsp3) is 0.100. The molecule has 2 nitrogen and oxygen atoms in total. The first-order chi connectivity index (χ1) is 7.58. The van der Waals surface area contributed by atoms with E-state index in [-0.39, 0.29) is 5.69 Å². The minimum absolute atomic E-state index is 0.203. The topological polar surface area (TPSA) is 24.9 Å². The lowest BCUT2D eigenvalue weighted by Crippen LogP contribution is -1.98. The van der Waals surface area contributed by atoms with Crippen molar-refractivity contribution in [3.63, 3.8) is 0 Å². The van der Waals surface area contributed by atoms with E-state index in [0.717, 1.165) is 0 Å². The zero-order valence-corrected chi connectivity index (χ0v) is 9.79. The minimum atomic E-state index is -0.658. The van der Waals surface area contributed by atoms with Gasteiger partial charge in [-0.05, 0) is 18.6 Å². The average Bonchev–Trinajstić information content (AvgIpc) is 2.65.